The lowest BCUT2D eigenvalue weighted by Gasteiger charge is -2.16. The van der Waals surface area contributed by atoms with Gasteiger partial charge in [0.2, 0.25) is 0 Å². The van der Waals surface area contributed by atoms with Crippen molar-refractivity contribution in [3.8, 4) is 17.9 Å². The van der Waals surface area contributed by atoms with Crippen molar-refractivity contribution in [3.05, 3.63) is 29.3 Å². The SMILES string of the molecule is CC(COc1cccc(C#N)c1C#N)C(F)(F)F. The molecule has 0 bridgehead atoms. The van der Waals surface area contributed by atoms with Crippen LogP contribution in [0.5, 0.6) is 5.75 Å². The molecule has 0 heterocycles. The van der Waals surface area contributed by atoms with E-state index in [2.05, 4.69) is 0 Å². The molecular weight excluding hydrogens is 245 g/mol. The molecule has 18 heavy (non-hydrogen) atoms. The summed E-state index contributed by atoms with van der Waals surface area (Å²) in [5, 5.41) is 17.6. The largest absolute Gasteiger partial charge is 0.492 e. The Balaban J connectivity index is 2.88. The minimum absolute atomic E-state index is 0.00681. The van der Waals surface area contributed by atoms with E-state index < -0.39 is 18.7 Å². The highest BCUT2D eigenvalue weighted by Gasteiger charge is 2.36. The van der Waals surface area contributed by atoms with E-state index in [1.807, 2.05) is 0 Å². The maximum atomic E-state index is 12.3. The fraction of sp³-hybridized carbons (Fsp3) is 0.333. The lowest BCUT2D eigenvalue weighted by molar-refractivity contribution is -0.176. The van der Waals surface area contributed by atoms with E-state index in [0.717, 1.165) is 6.92 Å². The summed E-state index contributed by atoms with van der Waals surface area (Å²) in [6, 6.07) is 7.75. The van der Waals surface area contributed by atoms with Crippen LogP contribution in [0.1, 0.15) is 18.1 Å². The molecule has 0 saturated heterocycles. The summed E-state index contributed by atoms with van der Waals surface area (Å²) in [6.07, 6.45) is -4.35. The van der Waals surface area contributed by atoms with Gasteiger partial charge in [0.05, 0.1) is 18.1 Å². The van der Waals surface area contributed by atoms with E-state index in [9.17, 15) is 13.2 Å². The Labute approximate surface area is 102 Å². The van der Waals surface area contributed by atoms with Gasteiger partial charge in [-0.1, -0.05) is 13.0 Å². The smallest absolute Gasteiger partial charge is 0.394 e. The van der Waals surface area contributed by atoms with Crippen LogP contribution < -0.4 is 4.74 Å². The summed E-state index contributed by atoms with van der Waals surface area (Å²) in [5.74, 6) is -1.65. The van der Waals surface area contributed by atoms with Gasteiger partial charge in [-0.2, -0.15) is 23.7 Å². The summed E-state index contributed by atoms with van der Waals surface area (Å²) >= 11 is 0. The zero-order chi connectivity index (χ0) is 13.8. The summed E-state index contributed by atoms with van der Waals surface area (Å²) in [4.78, 5) is 0. The molecule has 0 fully saturated rings. The molecule has 0 radical (unpaired) electrons. The van der Waals surface area contributed by atoms with Gasteiger partial charge >= 0.3 is 6.18 Å². The number of rotatable bonds is 3. The molecule has 6 heteroatoms. The van der Waals surface area contributed by atoms with Crippen LogP contribution in [0.25, 0.3) is 0 Å². The summed E-state index contributed by atoms with van der Waals surface area (Å²) in [5.41, 5.74) is 0.0315. The molecule has 1 aromatic carbocycles. The van der Waals surface area contributed by atoms with Crippen molar-refractivity contribution in [1.82, 2.24) is 0 Å². The topological polar surface area (TPSA) is 56.8 Å². The van der Waals surface area contributed by atoms with Gasteiger partial charge in [-0.3, -0.25) is 0 Å². The maximum absolute atomic E-state index is 12.3. The molecule has 94 valence electrons. The molecule has 3 nitrogen and oxygen atoms in total. The number of ether oxygens (including phenoxy) is 1. The molecule has 0 aromatic heterocycles. The number of hydrogen-bond acceptors (Lipinski definition) is 3. The van der Waals surface area contributed by atoms with Gasteiger partial charge < -0.3 is 4.74 Å². The second-order valence-electron chi connectivity index (χ2n) is 3.66. The van der Waals surface area contributed by atoms with Gasteiger partial charge in [0.25, 0.3) is 0 Å². The number of nitriles is 2. The lowest BCUT2D eigenvalue weighted by atomic mass is 10.1. The van der Waals surface area contributed by atoms with Crippen LogP contribution in [-0.2, 0) is 0 Å². The first kappa shape index (κ1) is 13.9. The Morgan fingerprint density at radius 1 is 1.28 bits per heavy atom. The first-order valence-electron chi connectivity index (χ1n) is 5.03. The molecule has 1 unspecified atom stereocenters. The second kappa shape index (κ2) is 5.42. The van der Waals surface area contributed by atoms with E-state index in [1.165, 1.54) is 18.2 Å². The normalized spacial score (nSPS) is 12.3. The number of benzene rings is 1. The first-order valence-corrected chi connectivity index (χ1v) is 5.03. The Morgan fingerprint density at radius 2 is 1.94 bits per heavy atom. The van der Waals surface area contributed by atoms with Crippen LogP contribution in [0.3, 0.4) is 0 Å². The van der Waals surface area contributed by atoms with Crippen LogP contribution in [0.15, 0.2) is 18.2 Å². The van der Waals surface area contributed by atoms with E-state index >= 15 is 0 Å². The molecule has 0 N–H and O–H groups in total. The van der Waals surface area contributed by atoms with Gasteiger partial charge in [-0.15, -0.1) is 0 Å². The molecular formula is C12H9F3N2O. The highest BCUT2D eigenvalue weighted by atomic mass is 19.4. The lowest BCUT2D eigenvalue weighted by Crippen LogP contribution is -2.26. The molecule has 0 saturated carbocycles. The zero-order valence-electron chi connectivity index (χ0n) is 9.45. The Kier molecular flexibility index (Phi) is 4.17. The molecule has 1 rings (SSSR count). The Hall–Kier alpha value is -2.21. The van der Waals surface area contributed by atoms with Crippen LogP contribution >= 0.6 is 0 Å². The molecule has 0 aliphatic heterocycles. The maximum Gasteiger partial charge on any atom is 0.394 e. The first-order chi connectivity index (χ1) is 8.40. The molecule has 1 aromatic rings. The van der Waals surface area contributed by atoms with Crippen molar-refractivity contribution >= 4 is 0 Å². The minimum atomic E-state index is -4.35. The fourth-order valence-corrected chi connectivity index (χ4v) is 1.17. The highest BCUT2D eigenvalue weighted by Crippen LogP contribution is 2.28. The Morgan fingerprint density at radius 3 is 2.44 bits per heavy atom. The standard InChI is InChI=1S/C12H9F3N2O/c1-8(12(13,14)15)7-18-11-4-2-3-9(5-16)10(11)6-17/h2-4,8H,7H2,1H3. The second-order valence-corrected chi connectivity index (χ2v) is 3.66. The fourth-order valence-electron chi connectivity index (χ4n) is 1.17. The van der Waals surface area contributed by atoms with Gasteiger partial charge in [0.1, 0.15) is 23.5 Å². The molecule has 0 amide bonds. The zero-order valence-corrected chi connectivity index (χ0v) is 9.45. The molecule has 0 aliphatic rings. The van der Waals surface area contributed by atoms with Crippen LogP contribution in [0.4, 0.5) is 13.2 Å². The van der Waals surface area contributed by atoms with Crippen LogP contribution in [0.2, 0.25) is 0 Å². The van der Waals surface area contributed by atoms with E-state index in [4.69, 9.17) is 15.3 Å². The molecule has 1 atom stereocenters. The van der Waals surface area contributed by atoms with Crippen molar-refractivity contribution in [1.29, 1.82) is 10.5 Å². The summed E-state index contributed by atoms with van der Waals surface area (Å²) < 4.78 is 41.8. The third kappa shape index (κ3) is 3.14. The summed E-state index contributed by atoms with van der Waals surface area (Å²) in [7, 11) is 0. The number of hydrogen-bond donors (Lipinski definition) is 0. The third-order valence-corrected chi connectivity index (χ3v) is 2.31. The Bertz CT molecular complexity index is 512. The van der Waals surface area contributed by atoms with Crippen molar-refractivity contribution in [3.63, 3.8) is 0 Å². The van der Waals surface area contributed by atoms with Crippen molar-refractivity contribution in [2.75, 3.05) is 6.61 Å². The quantitative estimate of drug-likeness (QED) is 0.833. The molecule has 0 spiro atoms. The van der Waals surface area contributed by atoms with E-state index in [-0.39, 0.29) is 16.9 Å². The average molecular weight is 254 g/mol. The van der Waals surface area contributed by atoms with Crippen molar-refractivity contribution < 1.29 is 17.9 Å². The van der Waals surface area contributed by atoms with Gasteiger partial charge in [0, 0.05) is 0 Å². The average Bonchev–Trinajstić information content (AvgIpc) is 2.33. The van der Waals surface area contributed by atoms with E-state index in [1.54, 1.807) is 12.1 Å². The minimum Gasteiger partial charge on any atom is -0.492 e. The number of nitrogens with zero attached hydrogens (tertiary/aromatic N) is 2. The number of alkyl halides is 3. The monoisotopic (exact) mass is 254 g/mol. The van der Waals surface area contributed by atoms with E-state index in [0.29, 0.717) is 0 Å². The number of halogens is 3. The van der Waals surface area contributed by atoms with Gasteiger partial charge in [-0.05, 0) is 12.1 Å². The highest BCUT2D eigenvalue weighted by molar-refractivity contribution is 5.53. The summed E-state index contributed by atoms with van der Waals surface area (Å²) in [6.45, 7) is 0.396. The van der Waals surface area contributed by atoms with Gasteiger partial charge in [0.15, 0.2) is 0 Å². The van der Waals surface area contributed by atoms with Crippen molar-refractivity contribution in [2.45, 2.75) is 13.1 Å². The van der Waals surface area contributed by atoms with Crippen LogP contribution in [0, 0.1) is 28.6 Å². The predicted octanol–water partition coefficient (Wildman–Crippen LogP) is 3.01. The van der Waals surface area contributed by atoms with Crippen molar-refractivity contribution in [2.24, 2.45) is 5.92 Å². The van der Waals surface area contributed by atoms with Gasteiger partial charge in [-0.25, -0.2) is 0 Å². The third-order valence-electron chi connectivity index (χ3n) is 2.31. The predicted molar refractivity (Wildman–Crippen MR) is 56.6 cm³/mol. The van der Waals surface area contributed by atoms with Crippen LogP contribution in [-0.4, -0.2) is 12.8 Å². The molecule has 0 aliphatic carbocycles.